The van der Waals surface area contributed by atoms with Crippen molar-refractivity contribution in [3.8, 4) is 0 Å². The fourth-order valence-corrected chi connectivity index (χ4v) is 4.89. The number of benzene rings is 1. The summed E-state index contributed by atoms with van der Waals surface area (Å²) in [6.07, 6.45) is 0.527. The van der Waals surface area contributed by atoms with Crippen molar-refractivity contribution in [2.24, 2.45) is 0 Å². The van der Waals surface area contributed by atoms with Gasteiger partial charge in [0, 0.05) is 30.4 Å². The second-order valence-electron chi connectivity index (χ2n) is 4.71. The van der Waals surface area contributed by atoms with Crippen LogP contribution in [0.1, 0.15) is 13.3 Å². The molecule has 8 heteroatoms. The van der Waals surface area contributed by atoms with Crippen LogP contribution in [0.15, 0.2) is 21.5 Å². The summed E-state index contributed by atoms with van der Waals surface area (Å²) in [6, 6.07) is 2.92. The molecule has 1 atom stereocenters. The van der Waals surface area contributed by atoms with Gasteiger partial charge in [0.2, 0.25) is 10.0 Å². The van der Waals surface area contributed by atoms with Crippen LogP contribution in [0.2, 0.25) is 5.02 Å². The molecule has 2 N–H and O–H groups in total. The van der Waals surface area contributed by atoms with Crippen molar-refractivity contribution in [2.45, 2.75) is 24.3 Å². The largest absolute Gasteiger partial charge is 0.398 e. The Morgan fingerprint density at radius 2 is 2.20 bits per heavy atom. The predicted octanol–water partition coefficient (Wildman–Crippen LogP) is 2.48. The number of nitrogens with zero attached hydrogens (tertiary/aromatic N) is 1. The van der Waals surface area contributed by atoms with E-state index >= 15 is 0 Å². The second kappa shape index (κ2) is 6.19. The Labute approximate surface area is 132 Å². The number of anilines is 1. The lowest BCUT2D eigenvalue weighted by molar-refractivity contribution is 0.0752. The molecule has 1 saturated heterocycles. The zero-order valence-electron chi connectivity index (χ0n) is 11.0. The minimum atomic E-state index is -3.65. The smallest absolute Gasteiger partial charge is 0.244 e. The van der Waals surface area contributed by atoms with Gasteiger partial charge in [-0.25, -0.2) is 8.42 Å². The maximum atomic E-state index is 12.7. The quantitative estimate of drug-likeness (QED) is 0.796. The molecule has 1 unspecified atom stereocenters. The van der Waals surface area contributed by atoms with E-state index in [1.165, 1.54) is 16.4 Å². The van der Waals surface area contributed by atoms with Gasteiger partial charge in [-0.15, -0.1) is 0 Å². The van der Waals surface area contributed by atoms with Crippen molar-refractivity contribution in [3.05, 3.63) is 21.6 Å². The molecule has 1 aromatic carbocycles. The standard InChI is InChI=1S/C12H16BrClN2O3S/c1-8-7-16(3-2-4-19-8)20(17,18)11-6-9(14)5-10(15)12(11)13/h5-6,8H,2-4,7,15H2,1H3. The summed E-state index contributed by atoms with van der Waals surface area (Å²) in [6.45, 7) is 3.16. The lowest BCUT2D eigenvalue weighted by Gasteiger charge is -2.22. The van der Waals surface area contributed by atoms with Gasteiger partial charge in [0.15, 0.2) is 0 Å². The van der Waals surface area contributed by atoms with E-state index in [-0.39, 0.29) is 11.0 Å². The molecule has 0 radical (unpaired) electrons. The SMILES string of the molecule is CC1CN(S(=O)(=O)c2cc(Cl)cc(N)c2Br)CCCO1. The van der Waals surface area contributed by atoms with E-state index in [9.17, 15) is 8.42 Å². The average molecular weight is 384 g/mol. The molecule has 1 aliphatic heterocycles. The molecule has 20 heavy (non-hydrogen) atoms. The van der Waals surface area contributed by atoms with E-state index in [4.69, 9.17) is 22.1 Å². The lowest BCUT2D eigenvalue weighted by Crippen LogP contribution is -2.36. The number of nitrogen functional groups attached to an aromatic ring is 1. The molecule has 112 valence electrons. The lowest BCUT2D eigenvalue weighted by atomic mass is 10.3. The summed E-state index contributed by atoms with van der Waals surface area (Å²) >= 11 is 9.15. The number of nitrogens with two attached hydrogens (primary N) is 1. The van der Waals surface area contributed by atoms with E-state index in [1.54, 1.807) is 0 Å². The fraction of sp³-hybridized carbons (Fsp3) is 0.500. The van der Waals surface area contributed by atoms with Gasteiger partial charge < -0.3 is 10.5 Å². The summed E-state index contributed by atoms with van der Waals surface area (Å²) in [5.74, 6) is 0. The van der Waals surface area contributed by atoms with Gasteiger partial charge in [-0.2, -0.15) is 4.31 Å². The van der Waals surface area contributed by atoms with Crippen LogP contribution in [0.5, 0.6) is 0 Å². The fourth-order valence-electron chi connectivity index (χ4n) is 2.09. The normalized spacial score (nSPS) is 21.6. The van der Waals surface area contributed by atoms with Crippen LogP contribution in [0.25, 0.3) is 0 Å². The molecular formula is C12H16BrClN2O3S. The average Bonchev–Trinajstić information content (AvgIpc) is 2.58. The minimum Gasteiger partial charge on any atom is -0.398 e. The Kier molecular flexibility index (Phi) is 4.96. The number of halogens is 2. The zero-order chi connectivity index (χ0) is 14.9. The van der Waals surface area contributed by atoms with Gasteiger partial charge in [-0.3, -0.25) is 0 Å². The maximum absolute atomic E-state index is 12.7. The van der Waals surface area contributed by atoms with Crippen LogP contribution in [0, 0.1) is 0 Å². The van der Waals surface area contributed by atoms with Gasteiger partial charge in [0.1, 0.15) is 0 Å². The molecule has 0 amide bonds. The van der Waals surface area contributed by atoms with Crippen LogP contribution in [-0.4, -0.2) is 38.5 Å². The predicted molar refractivity (Wildman–Crippen MR) is 82.4 cm³/mol. The molecule has 5 nitrogen and oxygen atoms in total. The highest BCUT2D eigenvalue weighted by molar-refractivity contribution is 9.10. The number of sulfonamides is 1. The van der Waals surface area contributed by atoms with Crippen molar-refractivity contribution in [2.75, 3.05) is 25.4 Å². The topological polar surface area (TPSA) is 72.6 Å². The van der Waals surface area contributed by atoms with Gasteiger partial charge in [-0.05, 0) is 41.4 Å². The van der Waals surface area contributed by atoms with Crippen molar-refractivity contribution < 1.29 is 13.2 Å². The highest BCUT2D eigenvalue weighted by Gasteiger charge is 2.30. The van der Waals surface area contributed by atoms with Gasteiger partial charge in [0.25, 0.3) is 0 Å². The van der Waals surface area contributed by atoms with E-state index < -0.39 is 10.0 Å². The van der Waals surface area contributed by atoms with E-state index in [1.807, 2.05) is 6.92 Å². The first-order valence-corrected chi connectivity index (χ1v) is 8.79. The Morgan fingerprint density at radius 3 is 2.90 bits per heavy atom. The van der Waals surface area contributed by atoms with Crippen LogP contribution in [0.4, 0.5) is 5.69 Å². The van der Waals surface area contributed by atoms with Gasteiger partial charge in [0.05, 0.1) is 15.5 Å². The molecule has 0 spiro atoms. The van der Waals surface area contributed by atoms with Crippen LogP contribution in [0.3, 0.4) is 0 Å². The summed E-state index contributed by atoms with van der Waals surface area (Å²) in [5, 5.41) is 0.295. The van der Waals surface area contributed by atoms with E-state index in [0.717, 1.165) is 0 Å². The molecule has 2 rings (SSSR count). The Bertz CT molecular complexity index is 609. The first kappa shape index (κ1) is 16.0. The summed E-state index contributed by atoms with van der Waals surface area (Å²) < 4.78 is 32.7. The van der Waals surface area contributed by atoms with Crippen molar-refractivity contribution in [1.29, 1.82) is 0 Å². The Morgan fingerprint density at radius 1 is 1.50 bits per heavy atom. The number of hydrogen-bond acceptors (Lipinski definition) is 4. The first-order valence-electron chi connectivity index (χ1n) is 6.18. The third-order valence-corrected chi connectivity index (χ3v) is 6.32. The van der Waals surface area contributed by atoms with Gasteiger partial charge in [-0.1, -0.05) is 11.6 Å². The molecule has 1 heterocycles. The molecular weight excluding hydrogens is 368 g/mol. The molecule has 0 saturated carbocycles. The third kappa shape index (κ3) is 3.28. The van der Waals surface area contributed by atoms with E-state index in [2.05, 4.69) is 15.9 Å². The monoisotopic (exact) mass is 382 g/mol. The van der Waals surface area contributed by atoms with Gasteiger partial charge >= 0.3 is 0 Å². The maximum Gasteiger partial charge on any atom is 0.244 e. The molecule has 1 aliphatic rings. The molecule has 1 aromatic rings. The number of rotatable bonds is 2. The van der Waals surface area contributed by atoms with Crippen molar-refractivity contribution in [3.63, 3.8) is 0 Å². The van der Waals surface area contributed by atoms with Crippen LogP contribution in [-0.2, 0) is 14.8 Å². The highest BCUT2D eigenvalue weighted by Crippen LogP contribution is 2.33. The van der Waals surface area contributed by atoms with Crippen LogP contribution < -0.4 is 5.73 Å². The third-order valence-electron chi connectivity index (χ3n) is 3.06. The van der Waals surface area contributed by atoms with Crippen molar-refractivity contribution in [1.82, 2.24) is 4.31 Å². The number of ether oxygens (including phenoxy) is 1. The first-order chi connectivity index (χ1) is 9.32. The summed E-state index contributed by atoms with van der Waals surface area (Å²) in [4.78, 5) is 0.0941. The number of hydrogen-bond donors (Lipinski definition) is 1. The molecule has 0 bridgehead atoms. The highest BCUT2D eigenvalue weighted by atomic mass is 79.9. The van der Waals surface area contributed by atoms with Crippen LogP contribution >= 0.6 is 27.5 Å². The zero-order valence-corrected chi connectivity index (χ0v) is 14.1. The molecule has 1 fully saturated rings. The Balaban J connectivity index is 2.44. The Hall–Kier alpha value is -0.340. The van der Waals surface area contributed by atoms with Crippen molar-refractivity contribution >= 4 is 43.2 Å². The molecule has 0 aromatic heterocycles. The van der Waals surface area contributed by atoms with E-state index in [0.29, 0.717) is 41.3 Å². The molecule has 0 aliphatic carbocycles. The minimum absolute atomic E-state index is 0.0941. The summed E-state index contributed by atoms with van der Waals surface area (Å²) in [5.41, 5.74) is 6.07. The summed E-state index contributed by atoms with van der Waals surface area (Å²) in [7, 11) is -3.65. The second-order valence-corrected chi connectivity index (χ2v) is 7.84.